The van der Waals surface area contributed by atoms with Gasteiger partial charge in [-0.3, -0.25) is 0 Å². The first-order valence-electron chi connectivity index (χ1n) is 5.19. The van der Waals surface area contributed by atoms with Crippen molar-refractivity contribution in [2.24, 2.45) is 0 Å². The molecule has 0 bridgehead atoms. The molecule has 0 amide bonds. The van der Waals surface area contributed by atoms with E-state index in [2.05, 4.69) is 18.9 Å². The summed E-state index contributed by atoms with van der Waals surface area (Å²) >= 11 is 0. The molecule has 0 N–H and O–H groups in total. The van der Waals surface area contributed by atoms with Crippen LogP contribution >= 0.6 is 0 Å². The summed E-state index contributed by atoms with van der Waals surface area (Å²) < 4.78 is 18.2. The fourth-order valence-corrected chi connectivity index (χ4v) is 0.787. The lowest BCUT2D eigenvalue weighted by atomic mass is 10.5. The number of ether oxygens (including phenoxy) is 4. The van der Waals surface area contributed by atoms with Crippen LogP contribution in [-0.4, -0.2) is 37.6 Å². The maximum absolute atomic E-state index is 11.1. The normalized spacial score (nSPS) is 12.1. The fraction of sp³-hybridized carbons (Fsp3) is 0.545. The van der Waals surface area contributed by atoms with Crippen molar-refractivity contribution in [1.82, 2.24) is 0 Å². The van der Waals surface area contributed by atoms with Crippen molar-refractivity contribution in [1.29, 1.82) is 0 Å². The van der Waals surface area contributed by atoms with Crippen LogP contribution in [0, 0.1) is 0 Å². The van der Waals surface area contributed by atoms with Crippen LogP contribution in [0.25, 0.3) is 0 Å². The van der Waals surface area contributed by atoms with Gasteiger partial charge in [-0.1, -0.05) is 0 Å². The summed E-state index contributed by atoms with van der Waals surface area (Å²) in [6, 6.07) is 0. The Hall–Kier alpha value is -2.05. The number of methoxy groups -OCH3 is 1. The third kappa shape index (κ3) is 8.14. The molecule has 18 heavy (non-hydrogen) atoms. The Morgan fingerprint density at radius 3 is 1.94 bits per heavy atom. The van der Waals surface area contributed by atoms with Crippen LogP contribution in [-0.2, 0) is 28.5 Å². The number of hydrogen-bond donors (Lipinski definition) is 0. The first kappa shape index (κ1) is 16.0. The molecular formula is C11H16O7. The molecule has 0 aromatic carbocycles. The van der Waals surface area contributed by atoms with Gasteiger partial charge in [-0.05, 0) is 13.8 Å². The zero-order valence-electron chi connectivity index (χ0n) is 10.7. The van der Waals surface area contributed by atoms with Crippen LogP contribution in [0.1, 0.15) is 20.8 Å². The van der Waals surface area contributed by atoms with Crippen LogP contribution in [0.15, 0.2) is 12.2 Å². The van der Waals surface area contributed by atoms with Gasteiger partial charge in [0.15, 0.2) is 0 Å². The molecule has 0 heterocycles. The van der Waals surface area contributed by atoms with E-state index in [4.69, 9.17) is 0 Å². The quantitative estimate of drug-likeness (QED) is 0.317. The number of esters is 2. The van der Waals surface area contributed by atoms with Gasteiger partial charge in [-0.15, -0.1) is 0 Å². The van der Waals surface area contributed by atoms with E-state index in [9.17, 15) is 14.4 Å². The Morgan fingerprint density at radius 1 is 0.889 bits per heavy atom. The van der Waals surface area contributed by atoms with Gasteiger partial charge in [0.25, 0.3) is 0 Å². The molecule has 0 rings (SSSR count). The third-order valence-corrected chi connectivity index (χ3v) is 1.43. The van der Waals surface area contributed by atoms with Gasteiger partial charge in [0.05, 0.1) is 13.2 Å². The smallest absolute Gasteiger partial charge is 0.466 e. The van der Waals surface area contributed by atoms with Crippen molar-refractivity contribution in [2.45, 2.75) is 33.2 Å². The first-order valence-corrected chi connectivity index (χ1v) is 5.19. The lowest BCUT2D eigenvalue weighted by molar-refractivity contribution is -0.162. The van der Waals surface area contributed by atoms with E-state index in [0.717, 1.165) is 12.2 Å². The van der Waals surface area contributed by atoms with E-state index in [0.29, 0.717) is 0 Å². The van der Waals surface area contributed by atoms with Gasteiger partial charge in [0, 0.05) is 19.1 Å². The molecule has 0 aliphatic heterocycles. The minimum Gasteiger partial charge on any atom is -0.466 e. The fourth-order valence-electron chi connectivity index (χ4n) is 0.787. The van der Waals surface area contributed by atoms with E-state index < -0.39 is 24.4 Å². The monoisotopic (exact) mass is 260 g/mol. The predicted molar refractivity (Wildman–Crippen MR) is 59.4 cm³/mol. The molecule has 1 atom stereocenters. The predicted octanol–water partition coefficient (Wildman–Crippen LogP) is 1.17. The van der Waals surface area contributed by atoms with Crippen molar-refractivity contribution in [3.63, 3.8) is 0 Å². The maximum Gasteiger partial charge on any atom is 0.511 e. The van der Waals surface area contributed by atoms with Crippen molar-refractivity contribution in [3.05, 3.63) is 12.2 Å². The average Bonchev–Trinajstić information content (AvgIpc) is 2.24. The molecular weight excluding hydrogens is 244 g/mol. The molecule has 0 spiro atoms. The molecule has 0 saturated heterocycles. The summed E-state index contributed by atoms with van der Waals surface area (Å²) in [5.41, 5.74) is 0. The molecule has 7 nitrogen and oxygen atoms in total. The Labute approximate surface area is 105 Å². The molecule has 0 fully saturated rings. The SMILES string of the molecule is COC(=O)/C=C/C(=O)OC(C)OC(=O)OC(C)C. The van der Waals surface area contributed by atoms with Crippen LogP contribution < -0.4 is 0 Å². The summed E-state index contributed by atoms with van der Waals surface area (Å²) in [6.45, 7) is 4.64. The minimum atomic E-state index is -1.12. The zero-order valence-corrected chi connectivity index (χ0v) is 10.7. The van der Waals surface area contributed by atoms with Crippen LogP contribution in [0.2, 0.25) is 0 Å². The van der Waals surface area contributed by atoms with E-state index >= 15 is 0 Å². The van der Waals surface area contributed by atoms with Gasteiger partial charge in [0.1, 0.15) is 0 Å². The van der Waals surface area contributed by atoms with Crippen molar-refractivity contribution >= 4 is 18.1 Å². The van der Waals surface area contributed by atoms with Crippen molar-refractivity contribution in [2.75, 3.05) is 7.11 Å². The summed E-state index contributed by atoms with van der Waals surface area (Å²) in [7, 11) is 1.17. The topological polar surface area (TPSA) is 88.1 Å². The molecule has 0 aromatic rings. The van der Waals surface area contributed by atoms with Gasteiger partial charge < -0.3 is 18.9 Å². The summed E-state index contributed by atoms with van der Waals surface area (Å²) in [5.74, 6) is -1.54. The van der Waals surface area contributed by atoms with E-state index in [1.54, 1.807) is 13.8 Å². The number of hydrogen-bond acceptors (Lipinski definition) is 7. The minimum absolute atomic E-state index is 0.334. The maximum atomic E-state index is 11.1. The summed E-state index contributed by atoms with van der Waals surface area (Å²) in [4.78, 5) is 32.8. The molecule has 1 unspecified atom stereocenters. The van der Waals surface area contributed by atoms with E-state index in [1.807, 2.05) is 0 Å². The van der Waals surface area contributed by atoms with Gasteiger partial charge in [0.2, 0.25) is 6.29 Å². The third-order valence-electron chi connectivity index (χ3n) is 1.43. The van der Waals surface area contributed by atoms with Gasteiger partial charge in [-0.2, -0.15) is 0 Å². The zero-order chi connectivity index (χ0) is 14.1. The number of carbonyl (C=O) groups is 3. The number of rotatable bonds is 5. The average molecular weight is 260 g/mol. The molecule has 0 radical (unpaired) electrons. The highest BCUT2D eigenvalue weighted by molar-refractivity contribution is 5.91. The van der Waals surface area contributed by atoms with Gasteiger partial charge >= 0.3 is 18.1 Å². The summed E-state index contributed by atoms with van der Waals surface area (Å²) in [5, 5.41) is 0. The Balaban J connectivity index is 4.04. The van der Waals surface area contributed by atoms with Crippen LogP contribution in [0.5, 0.6) is 0 Å². The first-order chi connectivity index (χ1) is 8.35. The van der Waals surface area contributed by atoms with E-state index in [1.165, 1.54) is 14.0 Å². The van der Waals surface area contributed by atoms with Crippen LogP contribution in [0.3, 0.4) is 0 Å². The lowest BCUT2D eigenvalue weighted by Crippen LogP contribution is -2.23. The molecule has 102 valence electrons. The molecule has 0 aliphatic rings. The second kappa shape index (κ2) is 8.10. The lowest BCUT2D eigenvalue weighted by Gasteiger charge is -2.14. The Kier molecular flexibility index (Phi) is 7.18. The van der Waals surface area contributed by atoms with E-state index in [-0.39, 0.29) is 6.10 Å². The Morgan fingerprint density at radius 2 is 1.44 bits per heavy atom. The highest BCUT2D eigenvalue weighted by Gasteiger charge is 2.14. The highest BCUT2D eigenvalue weighted by atomic mass is 16.8. The van der Waals surface area contributed by atoms with Crippen LogP contribution in [0.4, 0.5) is 4.79 Å². The Bertz CT molecular complexity index is 332. The molecule has 0 aromatic heterocycles. The second-order valence-corrected chi connectivity index (χ2v) is 3.40. The van der Waals surface area contributed by atoms with Gasteiger partial charge in [-0.25, -0.2) is 14.4 Å². The van der Waals surface area contributed by atoms with Crippen molar-refractivity contribution in [3.8, 4) is 0 Å². The largest absolute Gasteiger partial charge is 0.511 e. The standard InChI is InChI=1S/C11H16O7/c1-7(2)16-11(14)18-8(3)17-10(13)6-5-9(12)15-4/h5-8H,1-4H3/b6-5+. The molecule has 7 heteroatoms. The second-order valence-electron chi connectivity index (χ2n) is 3.40. The van der Waals surface area contributed by atoms with Crippen molar-refractivity contribution < 1.29 is 33.3 Å². The molecule has 0 aliphatic carbocycles. The summed E-state index contributed by atoms with van der Waals surface area (Å²) in [6.07, 6.45) is -0.644. The number of carbonyl (C=O) groups excluding carboxylic acids is 3. The molecule has 0 saturated carbocycles. The highest BCUT2D eigenvalue weighted by Crippen LogP contribution is 2.00.